The molecule has 2 heterocycles. The van der Waals surface area contributed by atoms with E-state index in [4.69, 9.17) is 9.47 Å². The number of nitrogens with one attached hydrogen (secondary N) is 1. The zero-order valence-corrected chi connectivity index (χ0v) is 11.8. The third-order valence-electron chi connectivity index (χ3n) is 3.75. The highest BCUT2D eigenvalue weighted by Crippen LogP contribution is 2.40. The number of benzene rings is 1. The van der Waals surface area contributed by atoms with Gasteiger partial charge in [0.15, 0.2) is 6.23 Å². The van der Waals surface area contributed by atoms with E-state index in [9.17, 15) is 4.79 Å². The summed E-state index contributed by atoms with van der Waals surface area (Å²) in [5, 5.41) is 3.38. The zero-order chi connectivity index (χ0) is 14.3. The number of anilines is 2. The molecule has 0 radical (unpaired) electrons. The van der Waals surface area contributed by atoms with Gasteiger partial charge < -0.3 is 19.7 Å². The van der Waals surface area contributed by atoms with E-state index in [0.717, 1.165) is 11.4 Å². The Morgan fingerprint density at radius 1 is 1.45 bits per heavy atom. The summed E-state index contributed by atoms with van der Waals surface area (Å²) in [7, 11) is 1.97. The van der Waals surface area contributed by atoms with Gasteiger partial charge in [0.25, 0.3) is 0 Å². The summed E-state index contributed by atoms with van der Waals surface area (Å²) in [4.78, 5) is 14.2. The fourth-order valence-electron chi connectivity index (χ4n) is 2.81. The number of fused-ring (bicyclic) bond motifs is 2. The maximum atomic E-state index is 12.1. The topological polar surface area (TPSA) is 50.8 Å². The number of carbonyl (C=O) groups is 1. The number of ether oxygens (including phenoxy) is 2. The number of hydrogen-bond acceptors (Lipinski definition) is 5. The van der Waals surface area contributed by atoms with Gasteiger partial charge in [-0.25, -0.2) is 4.79 Å². The standard InChI is InChI=1S/C15H18N2O3/c1-4-19-15(18)12-9(2)20-14-13(12)16-10-7-5-6-8-11(10)17(14)3/h5-8,13-14,16H,4H2,1-3H3/t13-,14+/m1/s1. The molecule has 5 heteroatoms. The van der Waals surface area contributed by atoms with Gasteiger partial charge in [0, 0.05) is 7.05 Å². The summed E-state index contributed by atoms with van der Waals surface area (Å²) in [6.07, 6.45) is -0.218. The van der Waals surface area contributed by atoms with Gasteiger partial charge in [-0.05, 0) is 26.0 Å². The van der Waals surface area contributed by atoms with Gasteiger partial charge in [-0.1, -0.05) is 12.1 Å². The van der Waals surface area contributed by atoms with Crippen molar-refractivity contribution in [2.24, 2.45) is 0 Å². The average molecular weight is 274 g/mol. The zero-order valence-electron chi connectivity index (χ0n) is 11.8. The minimum Gasteiger partial charge on any atom is -0.472 e. The van der Waals surface area contributed by atoms with Crippen LogP contribution in [0, 0.1) is 0 Å². The van der Waals surface area contributed by atoms with E-state index >= 15 is 0 Å². The molecule has 20 heavy (non-hydrogen) atoms. The summed E-state index contributed by atoms with van der Waals surface area (Å²) >= 11 is 0. The normalized spacial score (nSPS) is 23.6. The predicted molar refractivity (Wildman–Crippen MR) is 76.5 cm³/mol. The highest BCUT2D eigenvalue weighted by molar-refractivity contribution is 5.93. The lowest BCUT2D eigenvalue weighted by Gasteiger charge is -2.38. The van der Waals surface area contributed by atoms with Crippen LogP contribution in [0.4, 0.5) is 11.4 Å². The molecule has 0 saturated heterocycles. The van der Waals surface area contributed by atoms with Crippen molar-refractivity contribution < 1.29 is 14.3 Å². The molecule has 0 bridgehead atoms. The van der Waals surface area contributed by atoms with Crippen LogP contribution in [-0.4, -0.2) is 31.9 Å². The average Bonchev–Trinajstić information content (AvgIpc) is 2.76. The van der Waals surface area contributed by atoms with Gasteiger partial charge in [-0.2, -0.15) is 0 Å². The first kappa shape index (κ1) is 12.8. The number of carbonyl (C=O) groups excluding carboxylic acids is 1. The Kier molecular flexibility index (Phi) is 3.04. The lowest BCUT2D eigenvalue weighted by Crippen LogP contribution is -2.49. The van der Waals surface area contributed by atoms with Gasteiger partial charge in [0.1, 0.15) is 17.4 Å². The van der Waals surface area contributed by atoms with Gasteiger partial charge in [0.05, 0.1) is 18.0 Å². The molecule has 5 nitrogen and oxygen atoms in total. The van der Waals surface area contributed by atoms with Crippen LogP contribution in [0.1, 0.15) is 13.8 Å². The van der Waals surface area contributed by atoms with Crippen LogP contribution in [0.2, 0.25) is 0 Å². The smallest absolute Gasteiger partial charge is 0.339 e. The number of esters is 1. The van der Waals surface area contributed by atoms with E-state index in [1.54, 1.807) is 6.92 Å². The van der Waals surface area contributed by atoms with Crippen LogP contribution in [0.5, 0.6) is 0 Å². The van der Waals surface area contributed by atoms with Crippen molar-refractivity contribution in [2.45, 2.75) is 26.1 Å². The maximum Gasteiger partial charge on any atom is 0.339 e. The Morgan fingerprint density at radius 3 is 2.95 bits per heavy atom. The summed E-state index contributed by atoms with van der Waals surface area (Å²) in [6, 6.07) is 7.78. The van der Waals surface area contributed by atoms with Gasteiger partial charge in [-0.3, -0.25) is 0 Å². The van der Waals surface area contributed by atoms with Crippen molar-refractivity contribution in [2.75, 3.05) is 23.9 Å². The first-order valence-electron chi connectivity index (χ1n) is 6.76. The van der Waals surface area contributed by atoms with Crippen molar-refractivity contribution in [3.05, 3.63) is 35.6 Å². The monoisotopic (exact) mass is 274 g/mol. The Hall–Kier alpha value is -2.17. The molecule has 0 fully saturated rings. The minimum atomic E-state index is -0.308. The third kappa shape index (κ3) is 1.81. The van der Waals surface area contributed by atoms with Crippen LogP contribution >= 0.6 is 0 Å². The number of rotatable bonds is 2. The Balaban J connectivity index is 1.96. The molecule has 1 N–H and O–H groups in total. The maximum absolute atomic E-state index is 12.1. The van der Waals surface area contributed by atoms with E-state index in [1.165, 1.54) is 0 Å². The molecule has 0 unspecified atom stereocenters. The fourth-order valence-corrected chi connectivity index (χ4v) is 2.81. The summed E-state index contributed by atoms with van der Waals surface area (Å²) in [5.41, 5.74) is 2.64. The Labute approximate surface area is 118 Å². The van der Waals surface area contributed by atoms with Gasteiger partial charge in [0.2, 0.25) is 0 Å². The number of hydrogen-bond donors (Lipinski definition) is 1. The lowest BCUT2D eigenvalue weighted by molar-refractivity contribution is -0.138. The van der Waals surface area contributed by atoms with E-state index in [-0.39, 0.29) is 18.2 Å². The van der Waals surface area contributed by atoms with Crippen LogP contribution in [0.3, 0.4) is 0 Å². The first-order valence-corrected chi connectivity index (χ1v) is 6.76. The molecule has 2 aliphatic heterocycles. The second kappa shape index (κ2) is 4.74. The molecule has 0 spiro atoms. The molecule has 0 aliphatic carbocycles. The van der Waals surface area contributed by atoms with E-state index in [2.05, 4.69) is 5.32 Å². The van der Waals surface area contributed by atoms with E-state index < -0.39 is 0 Å². The first-order chi connectivity index (χ1) is 9.63. The van der Waals surface area contributed by atoms with Gasteiger partial charge in [-0.15, -0.1) is 0 Å². The molecule has 1 aromatic rings. The summed E-state index contributed by atoms with van der Waals surface area (Å²) in [6.45, 7) is 3.97. The largest absolute Gasteiger partial charge is 0.472 e. The Morgan fingerprint density at radius 2 is 2.20 bits per heavy atom. The SMILES string of the molecule is CCOC(=O)C1=C(C)O[C@H]2[C@@H]1Nc1ccccc1N2C. The number of para-hydroxylation sites is 2. The Bertz CT molecular complexity index is 582. The van der Waals surface area contributed by atoms with Gasteiger partial charge >= 0.3 is 5.97 Å². The molecule has 2 atom stereocenters. The van der Waals surface area contributed by atoms with Crippen LogP contribution in [-0.2, 0) is 14.3 Å². The molecular formula is C15H18N2O3. The van der Waals surface area contributed by atoms with Crippen molar-refractivity contribution >= 4 is 17.3 Å². The van der Waals surface area contributed by atoms with Crippen molar-refractivity contribution in [1.82, 2.24) is 0 Å². The second-order valence-corrected chi connectivity index (χ2v) is 4.95. The molecule has 2 aliphatic rings. The third-order valence-corrected chi connectivity index (χ3v) is 3.75. The minimum absolute atomic E-state index is 0.200. The highest BCUT2D eigenvalue weighted by atomic mass is 16.5. The summed E-state index contributed by atoms with van der Waals surface area (Å²) in [5.74, 6) is 0.323. The van der Waals surface area contributed by atoms with Crippen LogP contribution in [0.15, 0.2) is 35.6 Å². The molecule has 106 valence electrons. The highest BCUT2D eigenvalue weighted by Gasteiger charge is 2.45. The van der Waals surface area contributed by atoms with E-state index in [0.29, 0.717) is 17.9 Å². The summed E-state index contributed by atoms with van der Waals surface area (Å²) < 4.78 is 11.0. The molecular weight excluding hydrogens is 256 g/mol. The lowest BCUT2D eigenvalue weighted by atomic mass is 10.0. The fraction of sp³-hybridized carbons (Fsp3) is 0.400. The quantitative estimate of drug-likeness (QED) is 0.837. The number of nitrogens with zero attached hydrogens (tertiary/aromatic N) is 1. The molecule has 0 saturated carbocycles. The predicted octanol–water partition coefficient (Wildman–Crippen LogP) is 2.11. The number of likely N-dealkylation sites (N-methyl/N-ethyl adjacent to an activating group) is 1. The molecule has 0 amide bonds. The van der Waals surface area contributed by atoms with Crippen molar-refractivity contribution in [1.29, 1.82) is 0 Å². The van der Waals surface area contributed by atoms with Crippen molar-refractivity contribution in [3.63, 3.8) is 0 Å². The van der Waals surface area contributed by atoms with Crippen LogP contribution in [0.25, 0.3) is 0 Å². The number of allylic oxidation sites excluding steroid dienone is 1. The van der Waals surface area contributed by atoms with E-state index in [1.807, 2.05) is 43.1 Å². The molecule has 3 rings (SSSR count). The second-order valence-electron chi connectivity index (χ2n) is 4.95. The molecule has 1 aromatic carbocycles. The van der Waals surface area contributed by atoms with Crippen molar-refractivity contribution in [3.8, 4) is 0 Å². The molecule has 0 aromatic heterocycles. The van der Waals surface area contributed by atoms with Crippen LogP contribution < -0.4 is 10.2 Å².